The summed E-state index contributed by atoms with van der Waals surface area (Å²) >= 11 is 0. The number of hydrogen-bond acceptors (Lipinski definition) is 3. The summed E-state index contributed by atoms with van der Waals surface area (Å²) in [5.74, 6) is 0. The number of para-hydroxylation sites is 2. The fraction of sp³-hybridized carbons (Fsp3) is 0. The molecule has 0 bridgehead atoms. The number of nitrogens with zero attached hydrogens (tertiary/aromatic N) is 6. The Bertz CT molecular complexity index is 2640. The zero-order valence-electron chi connectivity index (χ0n) is 28.2. The fourth-order valence-electron chi connectivity index (χ4n) is 7.16. The van der Waals surface area contributed by atoms with Crippen LogP contribution < -0.4 is 4.90 Å². The van der Waals surface area contributed by atoms with Gasteiger partial charge in [0.05, 0.1) is 22.6 Å². The minimum atomic E-state index is 0.931. The van der Waals surface area contributed by atoms with Crippen LogP contribution in [0.25, 0.3) is 61.7 Å². The molecule has 0 N–H and O–H groups in total. The fourth-order valence-corrected chi connectivity index (χ4v) is 7.16. The number of benzene rings is 5. The molecule has 6 nitrogen and oxygen atoms in total. The molecule has 10 aromatic rings. The zero-order chi connectivity index (χ0) is 34.4. The summed E-state index contributed by atoms with van der Waals surface area (Å²) < 4.78 is 6.45. The molecule has 0 amide bonds. The molecular weight excluding hydrogens is 637 g/mol. The van der Waals surface area contributed by atoms with E-state index in [4.69, 9.17) is 9.97 Å². The number of anilines is 3. The monoisotopic (exact) mass is 668 g/mol. The third-order valence-corrected chi connectivity index (χ3v) is 9.72. The van der Waals surface area contributed by atoms with Gasteiger partial charge in [-0.25, -0.2) is 9.97 Å². The lowest BCUT2D eigenvalue weighted by Gasteiger charge is -2.26. The summed E-state index contributed by atoms with van der Waals surface area (Å²) in [6.45, 7) is 0. The predicted octanol–water partition coefficient (Wildman–Crippen LogP) is 11.4. The van der Waals surface area contributed by atoms with E-state index in [1.165, 1.54) is 10.9 Å². The van der Waals surface area contributed by atoms with Gasteiger partial charge in [-0.3, -0.25) is 0 Å². The van der Waals surface area contributed by atoms with E-state index in [2.05, 4.69) is 164 Å². The SMILES string of the molecule is c1ccc(-n2c(-c3ccc(N(c4ccc(-c5cn6ccccc6n5)cc4)c4ccc(-c5cn6ccccc6n5)cc4)cc3)cc3ccccc32)cc1. The molecule has 0 fully saturated rings. The van der Waals surface area contributed by atoms with Gasteiger partial charge in [-0.2, -0.15) is 0 Å². The van der Waals surface area contributed by atoms with Crippen LogP contribution in [0.3, 0.4) is 0 Å². The first-order chi connectivity index (χ1) is 25.7. The molecule has 0 aliphatic carbocycles. The molecule has 0 radical (unpaired) electrons. The smallest absolute Gasteiger partial charge is 0.137 e. The Morgan fingerprint density at radius 2 is 0.904 bits per heavy atom. The lowest BCUT2D eigenvalue weighted by molar-refractivity contribution is 1.13. The van der Waals surface area contributed by atoms with Gasteiger partial charge in [0.15, 0.2) is 0 Å². The lowest BCUT2D eigenvalue weighted by atomic mass is 10.1. The quantitative estimate of drug-likeness (QED) is 0.170. The van der Waals surface area contributed by atoms with Crippen LogP contribution in [0.15, 0.2) is 195 Å². The lowest BCUT2D eigenvalue weighted by Crippen LogP contribution is -2.10. The van der Waals surface area contributed by atoms with E-state index in [-0.39, 0.29) is 0 Å². The Kier molecular flexibility index (Phi) is 7.03. The van der Waals surface area contributed by atoms with Gasteiger partial charge in [0.25, 0.3) is 0 Å². The van der Waals surface area contributed by atoms with Crippen LogP contribution in [0.2, 0.25) is 0 Å². The summed E-state index contributed by atoms with van der Waals surface area (Å²) in [6.07, 6.45) is 8.21. The second kappa shape index (κ2) is 12.3. The van der Waals surface area contributed by atoms with Crippen LogP contribution in [0.5, 0.6) is 0 Å². The van der Waals surface area contributed by atoms with E-state index in [1.54, 1.807) is 0 Å². The number of aromatic nitrogens is 5. The van der Waals surface area contributed by atoms with Crippen LogP contribution in [0.1, 0.15) is 0 Å². The molecule has 52 heavy (non-hydrogen) atoms. The zero-order valence-corrected chi connectivity index (χ0v) is 28.2. The number of pyridine rings is 2. The molecule has 246 valence electrons. The first kappa shape index (κ1) is 29.7. The maximum atomic E-state index is 4.85. The Balaban J connectivity index is 1.05. The van der Waals surface area contributed by atoms with Gasteiger partial charge in [-0.05, 0) is 90.5 Å². The molecule has 5 aromatic heterocycles. The van der Waals surface area contributed by atoms with Crippen LogP contribution in [-0.2, 0) is 0 Å². The van der Waals surface area contributed by atoms with Crippen LogP contribution >= 0.6 is 0 Å². The molecule has 0 unspecified atom stereocenters. The molecular formula is C46H32N6. The number of hydrogen-bond donors (Lipinski definition) is 0. The highest BCUT2D eigenvalue weighted by Crippen LogP contribution is 2.39. The van der Waals surface area contributed by atoms with Crippen LogP contribution in [-0.4, -0.2) is 23.3 Å². The van der Waals surface area contributed by atoms with Crippen LogP contribution in [0, 0.1) is 0 Å². The van der Waals surface area contributed by atoms with Gasteiger partial charge in [0.1, 0.15) is 11.3 Å². The van der Waals surface area contributed by atoms with Crippen molar-refractivity contribution in [2.45, 2.75) is 0 Å². The normalized spacial score (nSPS) is 11.5. The number of imidazole rings is 2. The topological polar surface area (TPSA) is 42.8 Å². The first-order valence-electron chi connectivity index (χ1n) is 17.4. The second-order valence-corrected chi connectivity index (χ2v) is 12.9. The van der Waals surface area contributed by atoms with E-state index < -0.39 is 0 Å². The van der Waals surface area contributed by atoms with Gasteiger partial charge < -0.3 is 18.3 Å². The molecule has 0 saturated heterocycles. The van der Waals surface area contributed by atoms with Crippen molar-refractivity contribution in [1.82, 2.24) is 23.3 Å². The van der Waals surface area contributed by atoms with Gasteiger partial charge in [-0.15, -0.1) is 0 Å². The highest BCUT2D eigenvalue weighted by atomic mass is 15.1. The Hall–Kier alpha value is -7.18. The van der Waals surface area contributed by atoms with Gasteiger partial charge in [0.2, 0.25) is 0 Å². The van der Waals surface area contributed by atoms with Gasteiger partial charge in [-0.1, -0.05) is 84.9 Å². The van der Waals surface area contributed by atoms with Crippen molar-refractivity contribution >= 4 is 39.3 Å². The highest BCUT2D eigenvalue weighted by Gasteiger charge is 2.17. The number of rotatable bonds is 7. The van der Waals surface area contributed by atoms with E-state index in [0.29, 0.717) is 0 Å². The highest BCUT2D eigenvalue weighted by molar-refractivity contribution is 5.90. The maximum absolute atomic E-state index is 4.85. The molecule has 0 saturated carbocycles. The predicted molar refractivity (Wildman–Crippen MR) is 212 cm³/mol. The molecule has 0 spiro atoms. The van der Waals surface area contributed by atoms with Crippen molar-refractivity contribution in [2.75, 3.05) is 4.90 Å². The Morgan fingerprint density at radius 3 is 1.44 bits per heavy atom. The third-order valence-electron chi connectivity index (χ3n) is 9.72. The summed E-state index contributed by atoms with van der Waals surface area (Å²) in [7, 11) is 0. The Labute approximate surface area is 300 Å². The van der Waals surface area contributed by atoms with Gasteiger partial charge >= 0.3 is 0 Å². The molecule has 0 atom stereocenters. The molecule has 10 rings (SSSR count). The van der Waals surface area contributed by atoms with Crippen molar-refractivity contribution in [3.8, 4) is 39.5 Å². The maximum Gasteiger partial charge on any atom is 0.137 e. The van der Waals surface area contributed by atoms with Crippen molar-refractivity contribution in [3.63, 3.8) is 0 Å². The molecule has 6 heteroatoms. The summed E-state index contributed by atoms with van der Waals surface area (Å²) in [5, 5.41) is 1.21. The average Bonchev–Trinajstić information content (AvgIpc) is 3.95. The average molecular weight is 669 g/mol. The van der Waals surface area contributed by atoms with E-state index >= 15 is 0 Å². The van der Waals surface area contributed by atoms with E-state index in [0.717, 1.165) is 67.8 Å². The minimum Gasteiger partial charge on any atom is -0.311 e. The summed E-state index contributed by atoms with van der Waals surface area (Å²) in [6, 6.07) is 59.8. The molecule has 0 aliphatic heterocycles. The van der Waals surface area contributed by atoms with E-state index in [9.17, 15) is 0 Å². The van der Waals surface area contributed by atoms with Crippen LogP contribution in [0.4, 0.5) is 17.1 Å². The molecule has 5 aromatic carbocycles. The van der Waals surface area contributed by atoms with E-state index in [1.807, 2.05) is 48.8 Å². The standard InChI is InChI=1S/C46H32N6/c1-2-11-37(12-3-1)52-43-13-5-4-10-36(43)30-44(52)35-20-26-40(27-21-35)51(38-22-16-33(17-23-38)41-31-49-28-8-6-14-45(49)47-41)39-24-18-34(19-25-39)42-32-50-29-9-7-15-46(50)48-42/h1-32H. The van der Waals surface area contributed by atoms with Crippen molar-refractivity contribution in [3.05, 3.63) is 195 Å². The summed E-state index contributed by atoms with van der Waals surface area (Å²) in [4.78, 5) is 12.0. The third kappa shape index (κ3) is 5.22. The molecule has 0 aliphatic rings. The minimum absolute atomic E-state index is 0.931. The summed E-state index contributed by atoms with van der Waals surface area (Å²) in [5.41, 5.74) is 13.7. The second-order valence-electron chi connectivity index (χ2n) is 12.9. The van der Waals surface area contributed by atoms with Crippen molar-refractivity contribution < 1.29 is 0 Å². The van der Waals surface area contributed by atoms with Gasteiger partial charge in [0, 0.05) is 64.1 Å². The molecule has 5 heterocycles. The van der Waals surface area contributed by atoms with Crippen molar-refractivity contribution in [2.24, 2.45) is 0 Å². The Morgan fingerprint density at radius 1 is 0.423 bits per heavy atom. The number of fused-ring (bicyclic) bond motifs is 3. The first-order valence-corrected chi connectivity index (χ1v) is 17.4. The largest absolute Gasteiger partial charge is 0.311 e. The van der Waals surface area contributed by atoms with Crippen molar-refractivity contribution in [1.29, 1.82) is 0 Å².